The van der Waals surface area contributed by atoms with Crippen LogP contribution in [0.15, 0.2) is 23.2 Å². The van der Waals surface area contributed by atoms with E-state index in [1.54, 1.807) is 19.1 Å². The molecule has 2 N–H and O–H groups in total. The summed E-state index contributed by atoms with van der Waals surface area (Å²) in [6.07, 6.45) is 2.27. The third kappa shape index (κ3) is 1.92. The van der Waals surface area contributed by atoms with Gasteiger partial charge < -0.3 is 5.73 Å². The molecule has 0 saturated heterocycles. The van der Waals surface area contributed by atoms with Gasteiger partial charge in [0.15, 0.2) is 0 Å². The number of nitrogens with zero attached hydrogens (tertiary/aromatic N) is 1. The van der Waals surface area contributed by atoms with Gasteiger partial charge >= 0.3 is 0 Å². The quantitative estimate of drug-likeness (QED) is 0.567. The van der Waals surface area contributed by atoms with Crippen LogP contribution in [0.25, 0.3) is 0 Å². The first-order valence-corrected chi connectivity index (χ1v) is 4.77. The van der Waals surface area contributed by atoms with Gasteiger partial charge in [-0.1, -0.05) is 0 Å². The molecule has 1 fully saturated rings. The van der Waals surface area contributed by atoms with Gasteiger partial charge in [0.1, 0.15) is 11.7 Å². The van der Waals surface area contributed by atoms with Crippen molar-refractivity contribution in [2.45, 2.75) is 19.8 Å². The van der Waals surface area contributed by atoms with Crippen molar-refractivity contribution in [2.75, 3.05) is 0 Å². The molecule has 1 aliphatic rings. The average molecular weight is 192 g/mol. The highest BCUT2D eigenvalue weighted by Crippen LogP contribution is 2.30. The number of amidine groups is 1. The van der Waals surface area contributed by atoms with Gasteiger partial charge in [-0.15, -0.1) is 0 Å². The molecule has 1 aromatic rings. The highest BCUT2D eigenvalue weighted by atomic mass is 19.1. The van der Waals surface area contributed by atoms with Crippen LogP contribution in [0.3, 0.4) is 0 Å². The third-order valence-electron chi connectivity index (χ3n) is 2.40. The Kier molecular flexibility index (Phi) is 2.23. The zero-order valence-electron chi connectivity index (χ0n) is 8.13. The first-order valence-electron chi connectivity index (χ1n) is 4.77. The molecule has 0 radical (unpaired) electrons. The van der Waals surface area contributed by atoms with Crippen molar-refractivity contribution in [1.82, 2.24) is 0 Å². The zero-order chi connectivity index (χ0) is 10.1. The monoisotopic (exact) mass is 192 g/mol. The van der Waals surface area contributed by atoms with Crippen LogP contribution in [0.2, 0.25) is 0 Å². The van der Waals surface area contributed by atoms with E-state index in [1.165, 1.54) is 6.07 Å². The molecule has 3 heteroatoms. The van der Waals surface area contributed by atoms with Crippen LogP contribution >= 0.6 is 0 Å². The minimum Gasteiger partial charge on any atom is -0.387 e. The van der Waals surface area contributed by atoms with Gasteiger partial charge in [-0.25, -0.2) is 9.38 Å². The fraction of sp³-hybridized carbons (Fsp3) is 0.364. The molecule has 0 atom stereocenters. The second kappa shape index (κ2) is 3.40. The Bertz CT molecular complexity index is 381. The van der Waals surface area contributed by atoms with Gasteiger partial charge in [-0.3, -0.25) is 0 Å². The van der Waals surface area contributed by atoms with Crippen molar-refractivity contribution in [2.24, 2.45) is 16.6 Å². The minimum absolute atomic E-state index is 0.200. The van der Waals surface area contributed by atoms with Crippen molar-refractivity contribution in [3.63, 3.8) is 0 Å². The molecule has 0 spiro atoms. The Morgan fingerprint density at radius 2 is 2.21 bits per heavy atom. The van der Waals surface area contributed by atoms with Crippen molar-refractivity contribution >= 4 is 11.5 Å². The summed E-state index contributed by atoms with van der Waals surface area (Å²) in [6.45, 7) is 1.72. The lowest BCUT2D eigenvalue weighted by atomic mass is 10.2. The van der Waals surface area contributed by atoms with Crippen molar-refractivity contribution in [1.29, 1.82) is 0 Å². The van der Waals surface area contributed by atoms with Crippen LogP contribution < -0.4 is 5.73 Å². The Balaban J connectivity index is 2.24. The topological polar surface area (TPSA) is 38.4 Å². The Morgan fingerprint density at radius 1 is 1.50 bits per heavy atom. The maximum absolute atomic E-state index is 12.9. The summed E-state index contributed by atoms with van der Waals surface area (Å²) in [7, 11) is 0. The van der Waals surface area contributed by atoms with Crippen LogP contribution in [0, 0.1) is 18.7 Å². The number of hydrogen-bond acceptors (Lipinski definition) is 1. The van der Waals surface area contributed by atoms with Gasteiger partial charge in [0.25, 0.3) is 0 Å². The number of nitrogens with two attached hydrogens (primary N) is 1. The maximum Gasteiger partial charge on any atom is 0.126 e. The zero-order valence-corrected chi connectivity index (χ0v) is 8.13. The van der Waals surface area contributed by atoms with E-state index in [0.29, 0.717) is 17.3 Å². The second-order valence-electron chi connectivity index (χ2n) is 3.74. The van der Waals surface area contributed by atoms with E-state index in [9.17, 15) is 4.39 Å². The number of aliphatic imine (C=N–C) groups is 1. The molecule has 0 bridgehead atoms. The highest BCUT2D eigenvalue weighted by molar-refractivity contribution is 5.87. The Labute approximate surface area is 82.7 Å². The van der Waals surface area contributed by atoms with E-state index in [0.717, 1.165) is 18.5 Å². The molecule has 1 aromatic carbocycles. The largest absolute Gasteiger partial charge is 0.387 e. The van der Waals surface area contributed by atoms with Gasteiger partial charge in [-0.05, 0) is 43.5 Å². The smallest absolute Gasteiger partial charge is 0.126 e. The van der Waals surface area contributed by atoms with E-state index >= 15 is 0 Å². The first-order chi connectivity index (χ1) is 6.66. The molecule has 0 aliphatic heterocycles. The number of halogens is 1. The third-order valence-corrected chi connectivity index (χ3v) is 2.40. The van der Waals surface area contributed by atoms with E-state index in [1.807, 2.05) is 0 Å². The minimum atomic E-state index is -0.200. The van der Waals surface area contributed by atoms with E-state index in [-0.39, 0.29) is 5.82 Å². The summed E-state index contributed by atoms with van der Waals surface area (Å²) in [6, 6.07) is 4.79. The fourth-order valence-electron chi connectivity index (χ4n) is 1.32. The standard InChI is InChI=1S/C11H13FN2/c1-7-6-9(4-5-10(7)12)14-11(13)8-2-3-8/h4-6,8H,2-3H2,1H3,(H2,13,14). The highest BCUT2D eigenvalue weighted by Gasteiger charge is 2.25. The van der Waals surface area contributed by atoms with Crippen LogP contribution in [0.4, 0.5) is 10.1 Å². The van der Waals surface area contributed by atoms with E-state index < -0.39 is 0 Å². The van der Waals surface area contributed by atoms with Crippen LogP contribution in [0.5, 0.6) is 0 Å². The predicted molar refractivity (Wildman–Crippen MR) is 55.1 cm³/mol. The van der Waals surface area contributed by atoms with Crippen LogP contribution in [-0.4, -0.2) is 5.84 Å². The van der Waals surface area contributed by atoms with Gasteiger partial charge in [0, 0.05) is 5.92 Å². The van der Waals surface area contributed by atoms with Gasteiger partial charge in [0.05, 0.1) is 5.69 Å². The Morgan fingerprint density at radius 3 is 2.79 bits per heavy atom. The predicted octanol–water partition coefficient (Wildman–Crippen LogP) is 2.53. The van der Waals surface area contributed by atoms with Gasteiger partial charge in [-0.2, -0.15) is 0 Å². The summed E-state index contributed by atoms with van der Waals surface area (Å²) < 4.78 is 12.9. The molecule has 74 valence electrons. The molecule has 1 aliphatic carbocycles. The molecule has 0 amide bonds. The van der Waals surface area contributed by atoms with Crippen molar-refractivity contribution < 1.29 is 4.39 Å². The number of benzene rings is 1. The molecule has 14 heavy (non-hydrogen) atoms. The van der Waals surface area contributed by atoms with E-state index in [4.69, 9.17) is 5.73 Å². The summed E-state index contributed by atoms with van der Waals surface area (Å²) in [4.78, 5) is 4.25. The summed E-state index contributed by atoms with van der Waals surface area (Å²) in [5.41, 5.74) is 7.11. The molecule has 2 nitrogen and oxygen atoms in total. The number of hydrogen-bond donors (Lipinski definition) is 1. The van der Waals surface area contributed by atoms with Crippen LogP contribution in [-0.2, 0) is 0 Å². The summed E-state index contributed by atoms with van der Waals surface area (Å²) >= 11 is 0. The van der Waals surface area contributed by atoms with Crippen LogP contribution in [0.1, 0.15) is 18.4 Å². The number of rotatable bonds is 2. The lowest BCUT2D eigenvalue weighted by Crippen LogP contribution is -2.12. The fourth-order valence-corrected chi connectivity index (χ4v) is 1.32. The molecule has 0 unspecified atom stereocenters. The normalized spacial score (nSPS) is 17.1. The van der Waals surface area contributed by atoms with E-state index in [2.05, 4.69) is 4.99 Å². The molecule has 0 heterocycles. The molecule has 1 saturated carbocycles. The summed E-state index contributed by atoms with van der Waals surface area (Å²) in [5, 5.41) is 0. The van der Waals surface area contributed by atoms with Crippen molar-refractivity contribution in [3.05, 3.63) is 29.6 Å². The maximum atomic E-state index is 12.9. The van der Waals surface area contributed by atoms with Gasteiger partial charge in [0.2, 0.25) is 0 Å². The molecule has 2 rings (SSSR count). The Hall–Kier alpha value is -1.38. The lowest BCUT2D eigenvalue weighted by Gasteiger charge is -2.00. The average Bonchev–Trinajstić information content (AvgIpc) is 2.94. The number of aryl methyl sites for hydroxylation is 1. The molecule has 0 aromatic heterocycles. The summed E-state index contributed by atoms with van der Waals surface area (Å²) in [5.74, 6) is 0.935. The first kappa shape index (κ1) is 9.19. The second-order valence-corrected chi connectivity index (χ2v) is 3.74. The molecular weight excluding hydrogens is 179 g/mol. The van der Waals surface area contributed by atoms with Crippen molar-refractivity contribution in [3.8, 4) is 0 Å². The molecular formula is C11H13FN2. The lowest BCUT2D eigenvalue weighted by molar-refractivity contribution is 0.618. The SMILES string of the molecule is Cc1cc(N=C(N)C2CC2)ccc1F.